The van der Waals surface area contributed by atoms with Crippen molar-refractivity contribution in [2.24, 2.45) is 0 Å². The van der Waals surface area contributed by atoms with E-state index < -0.39 is 0 Å². The van der Waals surface area contributed by atoms with Crippen LogP contribution in [0.1, 0.15) is 18.1 Å². The van der Waals surface area contributed by atoms with E-state index in [1.165, 1.54) is 10.9 Å². The van der Waals surface area contributed by atoms with Crippen LogP contribution in [0.3, 0.4) is 0 Å². The Hall–Kier alpha value is -1.75. The van der Waals surface area contributed by atoms with E-state index in [4.69, 9.17) is 5.26 Å². The van der Waals surface area contributed by atoms with Crippen molar-refractivity contribution in [2.45, 2.75) is 19.8 Å². The van der Waals surface area contributed by atoms with E-state index >= 15 is 0 Å². The van der Waals surface area contributed by atoms with Crippen LogP contribution in [-0.2, 0) is 12.8 Å². The number of hydrogen-bond donors (Lipinski definition) is 1. The Bertz CT molecular complexity index is 488. The Labute approximate surface area is 83.2 Å². The molecule has 0 unspecified atom stereocenters. The number of rotatable bonds is 2. The molecular weight excluding hydrogens is 172 g/mol. The summed E-state index contributed by atoms with van der Waals surface area (Å²) < 4.78 is 0. The third-order valence-corrected chi connectivity index (χ3v) is 2.51. The summed E-state index contributed by atoms with van der Waals surface area (Å²) in [5, 5.41) is 9.85. The third kappa shape index (κ3) is 1.38. The highest BCUT2D eigenvalue weighted by Crippen LogP contribution is 2.20. The van der Waals surface area contributed by atoms with E-state index in [0.717, 1.165) is 17.5 Å². The quantitative estimate of drug-likeness (QED) is 0.765. The first-order chi connectivity index (χ1) is 6.85. The highest BCUT2D eigenvalue weighted by Gasteiger charge is 2.03. The highest BCUT2D eigenvalue weighted by molar-refractivity contribution is 5.84. The molecule has 0 bridgehead atoms. The van der Waals surface area contributed by atoms with Crippen LogP contribution in [0.2, 0.25) is 0 Å². The van der Waals surface area contributed by atoms with Crippen molar-refractivity contribution in [3.05, 3.63) is 35.5 Å². The maximum Gasteiger partial charge on any atom is 0.0670 e. The second-order valence-corrected chi connectivity index (χ2v) is 3.38. The molecule has 0 aliphatic heterocycles. The molecule has 1 aromatic heterocycles. The first kappa shape index (κ1) is 8.83. The maximum absolute atomic E-state index is 8.66. The molecule has 0 saturated heterocycles. The third-order valence-electron chi connectivity index (χ3n) is 2.51. The summed E-state index contributed by atoms with van der Waals surface area (Å²) in [5.41, 5.74) is 3.53. The average Bonchev–Trinajstić information content (AvgIpc) is 2.61. The van der Waals surface area contributed by atoms with Crippen molar-refractivity contribution in [3.63, 3.8) is 0 Å². The second kappa shape index (κ2) is 3.55. The van der Waals surface area contributed by atoms with Crippen LogP contribution < -0.4 is 0 Å². The summed E-state index contributed by atoms with van der Waals surface area (Å²) in [4.78, 5) is 3.17. The molecule has 0 atom stereocenters. The second-order valence-electron chi connectivity index (χ2n) is 3.38. The number of benzene rings is 1. The predicted molar refractivity (Wildman–Crippen MR) is 57.0 cm³/mol. The lowest BCUT2D eigenvalue weighted by Crippen LogP contribution is -1.81. The lowest BCUT2D eigenvalue weighted by molar-refractivity contribution is 1.14. The van der Waals surface area contributed by atoms with Gasteiger partial charge >= 0.3 is 0 Å². The number of nitriles is 1. The van der Waals surface area contributed by atoms with Crippen LogP contribution in [0, 0.1) is 11.3 Å². The van der Waals surface area contributed by atoms with Gasteiger partial charge in [-0.3, -0.25) is 0 Å². The summed E-state index contributed by atoms with van der Waals surface area (Å²) in [6, 6.07) is 8.54. The summed E-state index contributed by atoms with van der Waals surface area (Å²) in [6.45, 7) is 2.14. The van der Waals surface area contributed by atoms with Crippen LogP contribution >= 0.6 is 0 Å². The van der Waals surface area contributed by atoms with Crippen LogP contribution in [0.25, 0.3) is 10.9 Å². The van der Waals surface area contributed by atoms with Crippen molar-refractivity contribution in [2.75, 3.05) is 0 Å². The molecule has 1 heterocycles. The van der Waals surface area contributed by atoms with Crippen LogP contribution in [0.4, 0.5) is 0 Å². The van der Waals surface area contributed by atoms with Crippen molar-refractivity contribution in [1.29, 1.82) is 5.26 Å². The fraction of sp³-hybridized carbons (Fsp3) is 0.250. The van der Waals surface area contributed by atoms with Gasteiger partial charge < -0.3 is 4.98 Å². The largest absolute Gasteiger partial charge is 0.361 e. The molecule has 0 spiro atoms. The number of nitrogens with one attached hydrogen (secondary N) is 1. The molecule has 0 radical (unpaired) electrons. The molecule has 2 aromatic rings. The number of H-pyrrole nitrogens is 1. The molecule has 0 saturated carbocycles. The van der Waals surface area contributed by atoms with Gasteiger partial charge in [0.1, 0.15) is 0 Å². The van der Waals surface area contributed by atoms with E-state index in [-0.39, 0.29) is 0 Å². The van der Waals surface area contributed by atoms with Gasteiger partial charge in [0, 0.05) is 17.1 Å². The molecule has 1 N–H and O–H groups in total. The van der Waals surface area contributed by atoms with Crippen LogP contribution in [0.5, 0.6) is 0 Å². The van der Waals surface area contributed by atoms with Gasteiger partial charge in [-0.25, -0.2) is 0 Å². The number of aryl methyl sites for hydroxylation is 1. The molecule has 2 heteroatoms. The first-order valence-corrected chi connectivity index (χ1v) is 4.81. The summed E-state index contributed by atoms with van der Waals surface area (Å²) >= 11 is 0. The minimum Gasteiger partial charge on any atom is -0.361 e. The fourth-order valence-electron chi connectivity index (χ4n) is 1.68. The smallest absolute Gasteiger partial charge is 0.0670 e. The zero-order chi connectivity index (χ0) is 9.97. The lowest BCUT2D eigenvalue weighted by Gasteiger charge is -1.97. The van der Waals surface area contributed by atoms with Gasteiger partial charge in [0.2, 0.25) is 0 Å². The van der Waals surface area contributed by atoms with Crippen molar-refractivity contribution in [1.82, 2.24) is 4.98 Å². The zero-order valence-electron chi connectivity index (χ0n) is 8.17. The molecular formula is C12H12N2. The zero-order valence-corrected chi connectivity index (χ0v) is 8.17. The molecule has 2 rings (SSSR count). The van der Waals surface area contributed by atoms with Gasteiger partial charge in [-0.1, -0.05) is 13.0 Å². The minimum absolute atomic E-state index is 0.479. The van der Waals surface area contributed by atoms with Crippen LogP contribution in [0.15, 0.2) is 24.4 Å². The lowest BCUT2D eigenvalue weighted by atomic mass is 10.1. The highest BCUT2D eigenvalue weighted by atomic mass is 14.7. The topological polar surface area (TPSA) is 39.6 Å². The summed E-state index contributed by atoms with van der Waals surface area (Å²) in [7, 11) is 0. The van der Waals surface area contributed by atoms with E-state index in [1.807, 2.05) is 6.20 Å². The molecule has 0 amide bonds. The Morgan fingerprint density at radius 2 is 2.29 bits per heavy atom. The Morgan fingerprint density at radius 1 is 1.43 bits per heavy atom. The maximum atomic E-state index is 8.66. The van der Waals surface area contributed by atoms with Crippen molar-refractivity contribution in [3.8, 4) is 6.07 Å². The van der Waals surface area contributed by atoms with E-state index in [9.17, 15) is 0 Å². The fourth-order valence-corrected chi connectivity index (χ4v) is 1.68. The number of nitrogens with zero attached hydrogens (tertiary/aromatic N) is 1. The number of hydrogen-bond acceptors (Lipinski definition) is 1. The van der Waals surface area contributed by atoms with Gasteiger partial charge in [0.05, 0.1) is 12.5 Å². The van der Waals surface area contributed by atoms with E-state index in [2.05, 4.69) is 36.2 Å². The summed E-state index contributed by atoms with van der Waals surface area (Å²) in [6.07, 6.45) is 3.44. The predicted octanol–water partition coefficient (Wildman–Crippen LogP) is 2.80. The van der Waals surface area contributed by atoms with Gasteiger partial charge in [-0.05, 0) is 29.7 Å². The molecule has 14 heavy (non-hydrogen) atoms. The van der Waals surface area contributed by atoms with Gasteiger partial charge in [0.15, 0.2) is 0 Å². The van der Waals surface area contributed by atoms with E-state index in [0.29, 0.717) is 6.42 Å². The first-order valence-electron chi connectivity index (χ1n) is 4.81. The Morgan fingerprint density at radius 3 is 3.00 bits per heavy atom. The van der Waals surface area contributed by atoms with Gasteiger partial charge in [0.25, 0.3) is 0 Å². The summed E-state index contributed by atoms with van der Waals surface area (Å²) in [5.74, 6) is 0. The van der Waals surface area contributed by atoms with Gasteiger partial charge in [-0.15, -0.1) is 0 Å². The standard InChI is InChI=1S/C12H12N2/c1-2-9-3-4-12-11(7-9)10(5-6-13)8-14-12/h3-4,7-8,14H,2,5H2,1H3. The monoisotopic (exact) mass is 184 g/mol. The molecule has 1 aromatic carbocycles. The number of aromatic amines is 1. The average molecular weight is 184 g/mol. The normalized spacial score (nSPS) is 10.3. The van der Waals surface area contributed by atoms with Crippen molar-refractivity contribution < 1.29 is 0 Å². The number of aromatic nitrogens is 1. The molecule has 0 aliphatic rings. The number of fused-ring (bicyclic) bond motifs is 1. The molecule has 0 aliphatic carbocycles. The van der Waals surface area contributed by atoms with E-state index in [1.54, 1.807) is 0 Å². The van der Waals surface area contributed by atoms with Gasteiger partial charge in [-0.2, -0.15) is 5.26 Å². The van der Waals surface area contributed by atoms with Crippen molar-refractivity contribution >= 4 is 10.9 Å². The minimum atomic E-state index is 0.479. The van der Waals surface area contributed by atoms with Crippen LogP contribution in [-0.4, -0.2) is 4.98 Å². The Kier molecular flexibility index (Phi) is 2.24. The Balaban J connectivity index is 2.59. The molecule has 70 valence electrons. The molecule has 0 fully saturated rings. The SMILES string of the molecule is CCc1ccc2[nH]cc(CC#N)c2c1. The molecule has 2 nitrogen and oxygen atoms in total.